The van der Waals surface area contributed by atoms with Gasteiger partial charge in [-0.05, 0) is 57.2 Å². The fourth-order valence-corrected chi connectivity index (χ4v) is 3.98. The van der Waals surface area contributed by atoms with E-state index in [0.717, 1.165) is 12.1 Å². The van der Waals surface area contributed by atoms with Crippen LogP contribution in [0.4, 0.5) is 4.39 Å². The van der Waals surface area contributed by atoms with E-state index in [1.54, 1.807) is 26.0 Å². The van der Waals surface area contributed by atoms with Gasteiger partial charge in [0, 0.05) is 11.1 Å². The zero-order valence-corrected chi connectivity index (χ0v) is 19.5. The molecular formula is C21H22ClFNO8P. The van der Waals surface area contributed by atoms with Crippen LogP contribution >= 0.6 is 19.4 Å². The maximum Gasteiger partial charge on any atom is 0.471 e. The summed E-state index contributed by atoms with van der Waals surface area (Å²) in [6.07, 6.45) is -1.01. The predicted molar refractivity (Wildman–Crippen MR) is 116 cm³/mol. The van der Waals surface area contributed by atoms with Crippen LogP contribution < -0.4 is 10.1 Å². The van der Waals surface area contributed by atoms with Gasteiger partial charge in [0.25, 0.3) is 5.91 Å². The highest BCUT2D eigenvalue weighted by molar-refractivity contribution is 7.46. The van der Waals surface area contributed by atoms with Crippen molar-refractivity contribution in [2.75, 3.05) is 6.79 Å². The summed E-state index contributed by atoms with van der Waals surface area (Å²) in [6.45, 7) is 3.89. The molecule has 1 aliphatic rings. The van der Waals surface area contributed by atoms with Gasteiger partial charge in [0.15, 0.2) is 12.6 Å². The largest absolute Gasteiger partial charge is 0.485 e. The topological polar surface area (TPSA) is 131 Å². The van der Waals surface area contributed by atoms with Crippen LogP contribution in [0.25, 0.3) is 0 Å². The number of Topliss-reactive ketones (excluding diaryl/α,β-unsaturated/α-hetero) is 1. The van der Waals surface area contributed by atoms with Crippen molar-refractivity contribution < 1.29 is 42.3 Å². The molecule has 0 radical (unpaired) electrons. The fourth-order valence-electron chi connectivity index (χ4n) is 3.52. The van der Waals surface area contributed by atoms with Gasteiger partial charge in [0.2, 0.25) is 0 Å². The van der Waals surface area contributed by atoms with E-state index in [4.69, 9.17) is 30.9 Å². The third-order valence-electron chi connectivity index (χ3n) is 5.04. The van der Waals surface area contributed by atoms with Crippen LogP contribution in [0.3, 0.4) is 0 Å². The van der Waals surface area contributed by atoms with E-state index in [-0.39, 0.29) is 16.4 Å². The number of amides is 1. The highest BCUT2D eigenvalue weighted by Crippen LogP contribution is 2.43. The first-order valence-corrected chi connectivity index (χ1v) is 11.6. The number of hydrogen-bond acceptors (Lipinski definition) is 6. The molecule has 0 spiro atoms. The summed E-state index contributed by atoms with van der Waals surface area (Å²) in [5.41, 5.74) is -0.360. The number of fused-ring (bicyclic) bond motifs is 1. The Morgan fingerprint density at radius 3 is 2.55 bits per heavy atom. The molecule has 33 heavy (non-hydrogen) atoms. The molecule has 3 rings (SSSR count). The van der Waals surface area contributed by atoms with Gasteiger partial charge in [-0.1, -0.05) is 11.6 Å². The fraction of sp³-hybridized carbons (Fsp3) is 0.333. The van der Waals surface area contributed by atoms with Crippen molar-refractivity contribution in [2.45, 2.75) is 38.5 Å². The molecule has 1 amide bonds. The smallest absolute Gasteiger partial charge is 0.471 e. The highest BCUT2D eigenvalue weighted by Gasteiger charge is 2.46. The molecule has 0 saturated carbocycles. The number of benzene rings is 2. The molecule has 1 heterocycles. The lowest BCUT2D eigenvalue weighted by molar-refractivity contribution is -0.141. The van der Waals surface area contributed by atoms with Crippen LogP contribution in [0.15, 0.2) is 36.4 Å². The van der Waals surface area contributed by atoms with E-state index in [2.05, 4.69) is 9.84 Å². The number of carbonyl (C=O) groups is 2. The van der Waals surface area contributed by atoms with Gasteiger partial charge in [-0.15, -0.1) is 0 Å². The van der Waals surface area contributed by atoms with Gasteiger partial charge < -0.3 is 24.6 Å². The second-order valence-electron chi connectivity index (χ2n) is 7.91. The van der Waals surface area contributed by atoms with Crippen LogP contribution in [-0.4, -0.2) is 40.0 Å². The minimum absolute atomic E-state index is 0.00291. The molecule has 2 aromatic rings. The highest BCUT2D eigenvalue weighted by atomic mass is 35.5. The minimum Gasteiger partial charge on any atom is -0.485 e. The van der Waals surface area contributed by atoms with Crippen LogP contribution in [0.1, 0.15) is 53.1 Å². The number of halogens is 2. The molecule has 0 aliphatic carbocycles. The van der Waals surface area contributed by atoms with Gasteiger partial charge in [-0.2, -0.15) is 0 Å². The zero-order chi connectivity index (χ0) is 24.6. The summed E-state index contributed by atoms with van der Waals surface area (Å²) in [5, 5.41) is 2.65. The summed E-state index contributed by atoms with van der Waals surface area (Å²) in [7, 11) is -4.82. The molecule has 9 nitrogen and oxygen atoms in total. The second-order valence-corrected chi connectivity index (χ2v) is 9.56. The van der Waals surface area contributed by atoms with Gasteiger partial charge >= 0.3 is 7.82 Å². The summed E-state index contributed by atoms with van der Waals surface area (Å²) >= 11 is 6.03. The van der Waals surface area contributed by atoms with E-state index >= 15 is 0 Å². The number of phosphoric acid groups is 1. The lowest BCUT2D eigenvalue weighted by Crippen LogP contribution is -2.55. The molecule has 0 unspecified atom stereocenters. The van der Waals surface area contributed by atoms with Crippen molar-refractivity contribution >= 4 is 31.1 Å². The molecule has 178 valence electrons. The van der Waals surface area contributed by atoms with Crippen LogP contribution in [-0.2, 0) is 13.8 Å². The predicted octanol–water partition coefficient (Wildman–Crippen LogP) is 3.78. The van der Waals surface area contributed by atoms with E-state index in [1.165, 1.54) is 19.1 Å². The standard InChI is InChI=1S/C21H22ClFNO8P/c1-11(25)12-4-7-17-15(8-12)18(24-20(26)14-6-5-13(23)9-16(14)22)19(21(2,3)32-17)30-10-31-33(27,28)29/h4-9,18-19H,10H2,1-3H3,(H,24,26)(H2,27,28,29)/t18-,19+/m0/s1. The van der Waals surface area contributed by atoms with Crippen LogP contribution in [0, 0.1) is 5.82 Å². The van der Waals surface area contributed by atoms with Gasteiger partial charge in [-0.3, -0.25) is 14.1 Å². The SMILES string of the molecule is CC(=O)c1ccc2c(c1)[C@H](NC(=O)c1ccc(F)cc1Cl)[C@@H](OCOP(=O)(O)O)C(C)(C)O2. The van der Waals surface area contributed by atoms with E-state index in [9.17, 15) is 18.5 Å². The Balaban J connectivity index is 2.02. The number of ketones is 1. The van der Waals surface area contributed by atoms with E-state index in [0.29, 0.717) is 16.9 Å². The summed E-state index contributed by atoms with van der Waals surface area (Å²) in [5.74, 6) is -1.13. The molecule has 1 aliphatic heterocycles. The van der Waals surface area contributed by atoms with E-state index in [1.807, 2.05) is 0 Å². The molecule has 2 aromatic carbocycles. The Labute approximate surface area is 194 Å². The van der Waals surface area contributed by atoms with Crippen LogP contribution in [0.2, 0.25) is 5.02 Å². The lowest BCUT2D eigenvalue weighted by Gasteiger charge is -2.44. The Kier molecular flexibility index (Phi) is 7.28. The number of hydrogen-bond donors (Lipinski definition) is 3. The first kappa shape index (κ1) is 25.3. The first-order valence-electron chi connectivity index (χ1n) is 9.70. The Bertz CT molecular complexity index is 1140. The molecule has 12 heteroatoms. The lowest BCUT2D eigenvalue weighted by atomic mass is 9.85. The molecule has 2 atom stereocenters. The third kappa shape index (κ3) is 5.97. The molecule has 3 N–H and O–H groups in total. The van der Waals surface area contributed by atoms with Gasteiger partial charge in [-0.25, -0.2) is 8.96 Å². The number of carbonyl (C=O) groups excluding carboxylic acids is 2. The first-order chi connectivity index (χ1) is 15.3. The molecule has 0 fully saturated rings. The van der Waals surface area contributed by atoms with Crippen molar-refractivity contribution in [3.05, 3.63) is 63.9 Å². The Morgan fingerprint density at radius 2 is 1.94 bits per heavy atom. The summed E-state index contributed by atoms with van der Waals surface area (Å²) < 4.78 is 40.5. The quantitative estimate of drug-likeness (QED) is 0.297. The van der Waals surface area contributed by atoms with Gasteiger partial charge in [0.1, 0.15) is 23.3 Å². The third-order valence-corrected chi connectivity index (χ3v) is 5.80. The number of nitrogens with one attached hydrogen (secondary N) is 1. The van der Waals surface area contributed by atoms with Gasteiger partial charge in [0.05, 0.1) is 16.6 Å². The summed E-state index contributed by atoms with van der Waals surface area (Å²) in [6, 6.07) is 7.04. The Morgan fingerprint density at radius 1 is 1.24 bits per heavy atom. The van der Waals surface area contributed by atoms with Crippen molar-refractivity contribution in [2.24, 2.45) is 0 Å². The van der Waals surface area contributed by atoms with Crippen molar-refractivity contribution in [1.29, 1.82) is 0 Å². The Hall–Kier alpha value is -2.33. The number of ether oxygens (including phenoxy) is 2. The van der Waals surface area contributed by atoms with Crippen LogP contribution in [0.5, 0.6) is 5.75 Å². The summed E-state index contributed by atoms with van der Waals surface area (Å²) in [4.78, 5) is 42.9. The molecule has 0 saturated heterocycles. The van der Waals surface area contributed by atoms with E-state index < -0.39 is 44.1 Å². The monoisotopic (exact) mass is 501 g/mol. The second kappa shape index (κ2) is 9.50. The maximum atomic E-state index is 13.4. The molecular weight excluding hydrogens is 480 g/mol. The minimum atomic E-state index is -4.82. The average molecular weight is 502 g/mol. The van der Waals surface area contributed by atoms with Crippen molar-refractivity contribution in [3.63, 3.8) is 0 Å². The molecule has 0 aromatic heterocycles. The van der Waals surface area contributed by atoms with Crippen molar-refractivity contribution in [3.8, 4) is 5.75 Å². The normalized spacial score (nSPS) is 19.4. The van der Waals surface area contributed by atoms with Crippen molar-refractivity contribution in [1.82, 2.24) is 5.32 Å². The maximum absolute atomic E-state index is 13.4. The average Bonchev–Trinajstić information content (AvgIpc) is 2.68. The molecule has 0 bridgehead atoms. The zero-order valence-electron chi connectivity index (χ0n) is 17.9. The number of rotatable bonds is 7. The number of phosphoric ester groups is 1.